The van der Waals surface area contributed by atoms with Gasteiger partial charge in [-0.1, -0.05) is 18.2 Å². The van der Waals surface area contributed by atoms with Crippen LogP contribution in [-0.4, -0.2) is 43.4 Å². The maximum atomic E-state index is 10.5. The van der Waals surface area contributed by atoms with E-state index in [1.807, 2.05) is 6.07 Å². The Morgan fingerprint density at radius 1 is 1.31 bits per heavy atom. The Balaban J connectivity index is 2.02. The minimum Gasteiger partial charge on any atom is -0.366 e. The van der Waals surface area contributed by atoms with Gasteiger partial charge in [-0.05, 0) is 19.1 Å². The van der Waals surface area contributed by atoms with Crippen LogP contribution in [0.15, 0.2) is 30.3 Å². The molecule has 86 valence electrons. The Morgan fingerprint density at radius 2 is 2.06 bits per heavy atom. The molecule has 1 saturated heterocycles. The number of piperazine rings is 1. The lowest BCUT2D eigenvalue weighted by Gasteiger charge is -2.40. The van der Waals surface area contributed by atoms with Crippen LogP contribution in [0.5, 0.6) is 0 Å². The highest BCUT2D eigenvalue weighted by atomic mass is 16.1. The maximum absolute atomic E-state index is 10.5. The summed E-state index contributed by atoms with van der Waals surface area (Å²) in [4.78, 5) is 15.1. The fraction of sp³-hybridized carbons (Fsp3) is 0.462. The monoisotopic (exact) mass is 218 g/mol. The molecular weight excluding hydrogens is 200 g/mol. The van der Waals surface area contributed by atoms with Crippen molar-refractivity contribution < 1.29 is 4.79 Å². The molecule has 0 aromatic heterocycles. The summed E-state index contributed by atoms with van der Waals surface area (Å²) in [5.74, 6) is 0. The molecule has 0 amide bonds. The fourth-order valence-corrected chi connectivity index (χ4v) is 2.31. The van der Waals surface area contributed by atoms with Crippen LogP contribution in [0.25, 0.3) is 0 Å². The molecule has 2 rings (SSSR count). The highest BCUT2D eigenvalue weighted by Crippen LogP contribution is 2.19. The normalized spacial score (nSPS) is 22.1. The molecule has 0 N–H and O–H groups in total. The average molecular weight is 218 g/mol. The third kappa shape index (κ3) is 2.42. The molecule has 1 aromatic rings. The fourth-order valence-electron chi connectivity index (χ4n) is 2.31. The van der Waals surface area contributed by atoms with E-state index in [1.165, 1.54) is 5.69 Å². The van der Waals surface area contributed by atoms with E-state index in [0.717, 1.165) is 25.9 Å². The van der Waals surface area contributed by atoms with E-state index in [9.17, 15) is 4.79 Å². The van der Waals surface area contributed by atoms with Gasteiger partial charge in [0.2, 0.25) is 0 Å². The second kappa shape index (κ2) is 5.12. The van der Waals surface area contributed by atoms with Crippen LogP contribution in [0.2, 0.25) is 0 Å². The molecule has 16 heavy (non-hydrogen) atoms. The molecule has 1 aliphatic heterocycles. The number of aldehydes is 1. The summed E-state index contributed by atoms with van der Waals surface area (Å²) in [6.07, 6.45) is 0.991. The molecule has 1 atom stereocenters. The standard InChI is InChI=1S/C13H18N2O/c1-12-11-14(9-10-16)7-8-15(12)13-5-3-2-4-6-13/h2-6,10,12H,7-9,11H2,1H3. The van der Waals surface area contributed by atoms with Gasteiger partial charge in [-0.25, -0.2) is 0 Å². The molecule has 3 nitrogen and oxygen atoms in total. The summed E-state index contributed by atoms with van der Waals surface area (Å²) in [6.45, 7) is 5.71. The van der Waals surface area contributed by atoms with Crippen LogP contribution in [0.1, 0.15) is 6.92 Å². The predicted molar refractivity (Wildman–Crippen MR) is 65.8 cm³/mol. The molecule has 1 unspecified atom stereocenters. The highest BCUT2D eigenvalue weighted by Gasteiger charge is 2.22. The molecule has 1 aromatic carbocycles. The van der Waals surface area contributed by atoms with Crippen molar-refractivity contribution in [3.8, 4) is 0 Å². The SMILES string of the molecule is CC1CN(CC=O)CCN1c1ccccc1. The van der Waals surface area contributed by atoms with Gasteiger partial charge in [0.25, 0.3) is 0 Å². The molecule has 1 heterocycles. The third-order valence-electron chi connectivity index (χ3n) is 3.13. The molecule has 0 saturated carbocycles. The molecule has 1 aliphatic rings. The van der Waals surface area contributed by atoms with E-state index in [-0.39, 0.29) is 0 Å². The van der Waals surface area contributed by atoms with Gasteiger partial charge in [0.15, 0.2) is 0 Å². The van der Waals surface area contributed by atoms with Crippen molar-refractivity contribution in [2.75, 3.05) is 31.1 Å². The molecular formula is C13H18N2O. The minimum atomic E-state index is 0.469. The predicted octanol–water partition coefficient (Wildman–Crippen LogP) is 1.40. The van der Waals surface area contributed by atoms with Crippen molar-refractivity contribution in [2.45, 2.75) is 13.0 Å². The summed E-state index contributed by atoms with van der Waals surface area (Å²) >= 11 is 0. The number of benzene rings is 1. The Morgan fingerprint density at radius 3 is 2.69 bits per heavy atom. The van der Waals surface area contributed by atoms with Gasteiger partial charge in [-0.15, -0.1) is 0 Å². The quantitative estimate of drug-likeness (QED) is 0.716. The number of hydrogen-bond acceptors (Lipinski definition) is 3. The maximum Gasteiger partial charge on any atom is 0.133 e. The number of hydrogen-bond donors (Lipinski definition) is 0. The first-order valence-corrected chi connectivity index (χ1v) is 5.79. The summed E-state index contributed by atoms with van der Waals surface area (Å²) in [5, 5.41) is 0. The Kier molecular flexibility index (Phi) is 3.57. The Bertz CT molecular complexity index is 339. The zero-order valence-corrected chi connectivity index (χ0v) is 9.67. The zero-order valence-electron chi connectivity index (χ0n) is 9.67. The van der Waals surface area contributed by atoms with Crippen LogP contribution >= 0.6 is 0 Å². The number of carbonyl (C=O) groups excluding carboxylic acids is 1. The average Bonchev–Trinajstić information content (AvgIpc) is 2.31. The van der Waals surface area contributed by atoms with E-state index in [2.05, 4.69) is 41.0 Å². The summed E-state index contributed by atoms with van der Waals surface area (Å²) in [6, 6.07) is 10.9. The van der Waals surface area contributed by atoms with Crippen molar-refractivity contribution in [3.05, 3.63) is 30.3 Å². The van der Waals surface area contributed by atoms with E-state index < -0.39 is 0 Å². The van der Waals surface area contributed by atoms with E-state index in [1.54, 1.807) is 0 Å². The summed E-state index contributed by atoms with van der Waals surface area (Å²) in [5.41, 5.74) is 1.28. The lowest BCUT2D eigenvalue weighted by atomic mass is 10.1. The van der Waals surface area contributed by atoms with Crippen molar-refractivity contribution in [2.24, 2.45) is 0 Å². The van der Waals surface area contributed by atoms with Gasteiger partial charge in [-0.3, -0.25) is 4.90 Å². The number of rotatable bonds is 3. The van der Waals surface area contributed by atoms with Crippen LogP contribution < -0.4 is 4.90 Å². The van der Waals surface area contributed by atoms with Crippen LogP contribution in [0.4, 0.5) is 5.69 Å². The van der Waals surface area contributed by atoms with E-state index in [0.29, 0.717) is 12.6 Å². The number of para-hydroxylation sites is 1. The number of nitrogens with zero attached hydrogens (tertiary/aromatic N) is 2. The lowest BCUT2D eigenvalue weighted by Crippen LogP contribution is -2.52. The van der Waals surface area contributed by atoms with Gasteiger partial charge >= 0.3 is 0 Å². The Hall–Kier alpha value is -1.35. The largest absolute Gasteiger partial charge is 0.366 e. The van der Waals surface area contributed by atoms with Crippen LogP contribution in [0, 0.1) is 0 Å². The van der Waals surface area contributed by atoms with Crippen LogP contribution in [-0.2, 0) is 4.79 Å². The Labute approximate surface area is 96.7 Å². The zero-order chi connectivity index (χ0) is 11.4. The molecule has 0 bridgehead atoms. The van der Waals surface area contributed by atoms with Crippen molar-refractivity contribution in [1.29, 1.82) is 0 Å². The second-order valence-electron chi connectivity index (χ2n) is 4.30. The van der Waals surface area contributed by atoms with Crippen molar-refractivity contribution in [1.82, 2.24) is 4.90 Å². The first-order valence-electron chi connectivity index (χ1n) is 5.79. The number of carbonyl (C=O) groups is 1. The van der Waals surface area contributed by atoms with Crippen molar-refractivity contribution >= 4 is 12.0 Å². The summed E-state index contributed by atoms with van der Waals surface area (Å²) in [7, 11) is 0. The lowest BCUT2D eigenvalue weighted by molar-refractivity contribution is -0.109. The van der Waals surface area contributed by atoms with Gasteiger partial charge in [0.1, 0.15) is 6.29 Å². The highest BCUT2D eigenvalue weighted by molar-refractivity contribution is 5.52. The molecule has 1 fully saturated rings. The summed E-state index contributed by atoms with van der Waals surface area (Å²) < 4.78 is 0. The topological polar surface area (TPSA) is 23.6 Å². The van der Waals surface area contributed by atoms with E-state index >= 15 is 0 Å². The van der Waals surface area contributed by atoms with Gasteiger partial charge in [0.05, 0.1) is 6.54 Å². The molecule has 0 aliphatic carbocycles. The van der Waals surface area contributed by atoms with Crippen molar-refractivity contribution in [3.63, 3.8) is 0 Å². The first-order chi connectivity index (χ1) is 7.81. The third-order valence-corrected chi connectivity index (χ3v) is 3.13. The van der Waals surface area contributed by atoms with Gasteiger partial charge in [0, 0.05) is 31.4 Å². The van der Waals surface area contributed by atoms with Gasteiger partial charge < -0.3 is 9.69 Å². The second-order valence-corrected chi connectivity index (χ2v) is 4.30. The van der Waals surface area contributed by atoms with E-state index in [4.69, 9.17) is 0 Å². The van der Waals surface area contributed by atoms with Crippen LogP contribution in [0.3, 0.4) is 0 Å². The van der Waals surface area contributed by atoms with Gasteiger partial charge in [-0.2, -0.15) is 0 Å². The molecule has 0 radical (unpaired) electrons. The number of anilines is 1. The molecule has 3 heteroatoms. The minimum absolute atomic E-state index is 0.469. The molecule has 0 spiro atoms. The smallest absolute Gasteiger partial charge is 0.133 e. The first kappa shape index (κ1) is 11.1.